The molecule has 3 aliphatic rings. The quantitative estimate of drug-likeness (QED) is 0.608. The molecule has 5 rings (SSSR count). The van der Waals surface area contributed by atoms with Crippen molar-refractivity contribution < 1.29 is 19.6 Å². The Bertz CT molecular complexity index is 963. The fourth-order valence-electron chi connectivity index (χ4n) is 4.73. The van der Waals surface area contributed by atoms with Crippen molar-refractivity contribution in [3.8, 4) is 0 Å². The Labute approximate surface area is 160 Å². The highest BCUT2D eigenvalue weighted by Crippen LogP contribution is 2.55. The first-order chi connectivity index (χ1) is 13.5. The Morgan fingerprint density at radius 2 is 2.25 bits per heavy atom. The second-order valence-electron chi connectivity index (χ2n) is 7.97. The summed E-state index contributed by atoms with van der Waals surface area (Å²) >= 11 is 0. The van der Waals surface area contributed by atoms with Crippen LogP contribution in [0.5, 0.6) is 0 Å². The number of anilines is 1. The Morgan fingerprint density at radius 1 is 1.43 bits per heavy atom. The highest BCUT2D eigenvalue weighted by Gasteiger charge is 2.56. The summed E-state index contributed by atoms with van der Waals surface area (Å²) < 4.78 is 7.36. The normalized spacial score (nSPS) is 25.5. The summed E-state index contributed by atoms with van der Waals surface area (Å²) in [4.78, 5) is 24.5. The van der Waals surface area contributed by atoms with Crippen molar-refractivity contribution >= 4 is 28.4 Å². The van der Waals surface area contributed by atoms with Gasteiger partial charge in [-0.05, 0) is 25.3 Å². The van der Waals surface area contributed by atoms with E-state index in [1.54, 1.807) is 12.3 Å². The van der Waals surface area contributed by atoms with Crippen molar-refractivity contribution in [2.75, 3.05) is 31.2 Å². The molecule has 0 bridgehead atoms. The van der Waals surface area contributed by atoms with Crippen LogP contribution in [0.4, 0.5) is 16.2 Å². The number of nitrogens with one attached hydrogen (secondary N) is 1. The van der Waals surface area contributed by atoms with Crippen LogP contribution in [0.15, 0.2) is 18.3 Å². The molecule has 1 aromatic carbocycles. The first kappa shape index (κ1) is 17.2. The monoisotopic (exact) mass is 387 g/mol. The number of carbonyl (C=O) groups is 1. The van der Waals surface area contributed by atoms with Crippen LogP contribution in [0.3, 0.4) is 0 Å². The van der Waals surface area contributed by atoms with Gasteiger partial charge in [-0.25, -0.2) is 4.79 Å². The maximum absolute atomic E-state index is 11.7. The van der Waals surface area contributed by atoms with E-state index in [-0.39, 0.29) is 28.1 Å². The summed E-state index contributed by atoms with van der Waals surface area (Å²) in [5.41, 5.74) is 1.29. The molecule has 2 saturated heterocycles. The maximum Gasteiger partial charge on any atom is 0.404 e. The molecule has 10 heteroatoms. The molecule has 2 aliphatic heterocycles. The van der Waals surface area contributed by atoms with Crippen LogP contribution in [-0.4, -0.2) is 58.2 Å². The van der Waals surface area contributed by atoms with Crippen LogP contribution >= 0.6 is 0 Å². The van der Waals surface area contributed by atoms with Gasteiger partial charge in [-0.1, -0.05) is 0 Å². The van der Waals surface area contributed by atoms with Gasteiger partial charge in [0.2, 0.25) is 0 Å². The Morgan fingerprint density at radius 3 is 2.89 bits per heavy atom. The summed E-state index contributed by atoms with van der Waals surface area (Å²) in [6.45, 7) is 2.29. The number of nitro groups is 1. The number of carboxylic acid groups (broad SMARTS) is 1. The molecule has 2 aromatic rings. The highest BCUT2D eigenvalue weighted by molar-refractivity contribution is 5.97. The minimum atomic E-state index is -1.06. The third-order valence-corrected chi connectivity index (χ3v) is 6.33. The molecule has 0 unspecified atom stereocenters. The molecule has 1 saturated carbocycles. The predicted molar refractivity (Wildman–Crippen MR) is 99.7 cm³/mol. The number of rotatable bonds is 4. The van der Waals surface area contributed by atoms with E-state index in [0.717, 1.165) is 30.2 Å². The fraction of sp³-hybridized carbons (Fsp3) is 0.556. The summed E-state index contributed by atoms with van der Waals surface area (Å²) in [6.07, 6.45) is 3.35. The summed E-state index contributed by atoms with van der Waals surface area (Å²) in [5.74, 6) is 0. The lowest BCUT2D eigenvalue weighted by Gasteiger charge is -2.20. The van der Waals surface area contributed by atoms with Crippen LogP contribution in [0.2, 0.25) is 0 Å². The van der Waals surface area contributed by atoms with Crippen LogP contribution in [0.1, 0.15) is 25.3 Å². The van der Waals surface area contributed by atoms with Gasteiger partial charge in [0, 0.05) is 31.2 Å². The molecule has 2 N–H and O–H groups in total. The lowest BCUT2D eigenvalue weighted by molar-refractivity contribution is -0.384. The van der Waals surface area contributed by atoms with Gasteiger partial charge in [-0.15, -0.1) is 0 Å². The molecule has 0 radical (unpaired) electrons. The average Bonchev–Trinajstić information content (AvgIpc) is 3.02. The molecule has 1 aliphatic carbocycles. The van der Waals surface area contributed by atoms with Crippen molar-refractivity contribution in [2.24, 2.45) is 5.41 Å². The minimum absolute atomic E-state index is 0.0292. The van der Waals surface area contributed by atoms with Crippen LogP contribution in [0.25, 0.3) is 10.9 Å². The largest absolute Gasteiger partial charge is 0.465 e. The fourth-order valence-corrected chi connectivity index (χ4v) is 4.73. The molecule has 1 aromatic heterocycles. The molecule has 28 heavy (non-hydrogen) atoms. The van der Waals surface area contributed by atoms with E-state index < -0.39 is 6.09 Å². The second-order valence-corrected chi connectivity index (χ2v) is 7.97. The van der Waals surface area contributed by atoms with Crippen LogP contribution < -0.4 is 10.2 Å². The smallest absolute Gasteiger partial charge is 0.404 e. The van der Waals surface area contributed by atoms with E-state index in [1.807, 2.05) is 9.58 Å². The van der Waals surface area contributed by atoms with Gasteiger partial charge < -0.3 is 20.1 Å². The summed E-state index contributed by atoms with van der Waals surface area (Å²) in [6, 6.07) is 3.18. The minimum Gasteiger partial charge on any atom is -0.465 e. The van der Waals surface area contributed by atoms with Gasteiger partial charge in [-0.2, -0.15) is 5.10 Å². The Kier molecular flexibility index (Phi) is 3.73. The lowest BCUT2D eigenvalue weighted by Crippen LogP contribution is -2.40. The van der Waals surface area contributed by atoms with Crippen LogP contribution in [0, 0.1) is 15.5 Å². The zero-order valence-corrected chi connectivity index (χ0v) is 15.2. The third kappa shape index (κ3) is 2.59. The third-order valence-electron chi connectivity index (χ3n) is 6.33. The first-order valence-electron chi connectivity index (χ1n) is 9.45. The van der Waals surface area contributed by atoms with Crippen molar-refractivity contribution in [3.63, 3.8) is 0 Å². The second kappa shape index (κ2) is 6.06. The summed E-state index contributed by atoms with van der Waals surface area (Å²) in [7, 11) is 0. The van der Waals surface area contributed by atoms with Crippen molar-refractivity contribution in [1.29, 1.82) is 0 Å². The number of fused-ring (bicyclic) bond motifs is 1. The number of hydrogen-bond acceptors (Lipinski definition) is 6. The number of benzene rings is 1. The molecule has 148 valence electrons. The molecule has 3 fully saturated rings. The molecular weight excluding hydrogens is 366 g/mol. The number of nitro benzene ring substituents is 1. The van der Waals surface area contributed by atoms with Crippen LogP contribution in [-0.2, 0) is 4.74 Å². The van der Waals surface area contributed by atoms with E-state index in [4.69, 9.17) is 9.84 Å². The number of nitrogens with zero attached hydrogens (tertiary/aromatic N) is 4. The number of hydrogen-bond donors (Lipinski definition) is 2. The maximum atomic E-state index is 11.7. The van der Waals surface area contributed by atoms with Gasteiger partial charge in [0.15, 0.2) is 0 Å². The van der Waals surface area contributed by atoms with Gasteiger partial charge in [-0.3, -0.25) is 14.8 Å². The van der Waals surface area contributed by atoms with Crippen molar-refractivity contribution in [3.05, 3.63) is 28.4 Å². The molecular formula is C18H21N5O5. The Hall–Kier alpha value is -2.88. The van der Waals surface area contributed by atoms with Crippen molar-refractivity contribution in [1.82, 2.24) is 15.1 Å². The zero-order chi connectivity index (χ0) is 19.5. The zero-order valence-electron chi connectivity index (χ0n) is 15.2. The SMILES string of the molecule is O=C(O)N[C@H]1CN(c2c([N+](=O)[O-])ccc3c2cnn3[C@H]2CCOC2)CC12CC2. The molecule has 3 heterocycles. The number of aromatic nitrogens is 2. The number of ether oxygens (including phenoxy) is 1. The lowest BCUT2D eigenvalue weighted by atomic mass is 10.0. The number of amides is 1. The summed E-state index contributed by atoms with van der Waals surface area (Å²) in [5, 5.41) is 28.8. The molecule has 2 atom stereocenters. The Balaban J connectivity index is 1.58. The molecule has 1 amide bonds. The van der Waals surface area contributed by atoms with E-state index in [2.05, 4.69) is 10.4 Å². The van der Waals surface area contributed by atoms with E-state index in [1.165, 1.54) is 6.07 Å². The predicted octanol–water partition coefficient (Wildman–Crippen LogP) is 2.14. The topological polar surface area (TPSA) is 123 Å². The van der Waals surface area contributed by atoms with Gasteiger partial charge >= 0.3 is 6.09 Å². The van der Waals surface area contributed by atoms with Crippen molar-refractivity contribution in [2.45, 2.75) is 31.3 Å². The molecule has 10 nitrogen and oxygen atoms in total. The molecule has 1 spiro atoms. The van der Waals surface area contributed by atoms with Gasteiger partial charge in [0.25, 0.3) is 5.69 Å². The van der Waals surface area contributed by atoms with Gasteiger partial charge in [0.1, 0.15) is 5.69 Å². The highest BCUT2D eigenvalue weighted by atomic mass is 16.6. The average molecular weight is 387 g/mol. The first-order valence-corrected chi connectivity index (χ1v) is 9.45. The van der Waals surface area contributed by atoms with E-state index >= 15 is 0 Å². The van der Waals surface area contributed by atoms with E-state index in [0.29, 0.717) is 32.0 Å². The van der Waals surface area contributed by atoms with Gasteiger partial charge in [0.05, 0.1) is 40.7 Å². The van der Waals surface area contributed by atoms with E-state index in [9.17, 15) is 14.9 Å². The standard InChI is InChI=1S/C18H21N5O5/c24-17(25)20-15-8-21(10-18(15)4-5-18)16-12-7-19-22(11-3-6-28-9-11)13(12)1-2-14(16)23(26)27/h1-2,7,11,15,20H,3-6,8-10H2,(H,24,25)/t11-,15-/m0/s1.